The van der Waals surface area contributed by atoms with Gasteiger partial charge in [0, 0.05) is 5.57 Å². The quantitative estimate of drug-likeness (QED) is 0.462. The van der Waals surface area contributed by atoms with E-state index in [2.05, 4.69) is 13.5 Å². The predicted octanol–water partition coefficient (Wildman–Crippen LogP) is 2.00. The summed E-state index contributed by atoms with van der Waals surface area (Å²) in [6.45, 7) is 5.73. The van der Waals surface area contributed by atoms with Gasteiger partial charge in [-0.05, 0) is 12.8 Å². The molecule has 0 saturated carbocycles. The van der Waals surface area contributed by atoms with E-state index in [0.717, 1.165) is 12.8 Å². The van der Waals surface area contributed by atoms with Crippen LogP contribution in [0.15, 0.2) is 12.2 Å². The predicted molar refractivity (Wildman–Crippen MR) is 47.1 cm³/mol. The van der Waals surface area contributed by atoms with E-state index in [0.29, 0.717) is 5.57 Å². The molecular formula is C9H17NO. The highest BCUT2D eigenvalue weighted by molar-refractivity contribution is 5.91. The van der Waals surface area contributed by atoms with Crippen LogP contribution >= 0.6 is 0 Å². The van der Waals surface area contributed by atoms with E-state index in [9.17, 15) is 4.79 Å². The van der Waals surface area contributed by atoms with Gasteiger partial charge in [-0.2, -0.15) is 0 Å². The fraction of sp³-hybridized carbons (Fsp3) is 0.667. The zero-order valence-corrected chi connectivity index (χ0v) is 7.23. The summed E-state index contributed by atoms with van der Waals surface area (Å²) in [4.78, 5) is 10.5. The van der Waals surface area contributed by atoms with Crippen LogP contribution in [0.5, 0.6) is 0 Å². The minimum atomic E-state index is -0.360. The molecule has 0 fully saturated rings. The van der Waals surface area contributed by atoms with Gasteiger partial charge in [0.1, 0.15) is 0 Å². The third kappa shape index (κ3) is 5.64. The van der Waals surface area contributed by atoms with Gasteiger partial charge in [0.25, 0.3) is 0 Å². The number of carbonyl (C=O) groups is 1. The number of carbonyl (C=O) groups excluding carboxylic acids is 1. The van der Waals surface area contributed by atoms with Gasteiger partial charge in [-0.1, -0.05) is 32.8 Å². The third-order valence-corrected chi connectivity index (χ3v) is 1.68. The summed E-state index contributed by atoms with van der Waals surface area (Å²) in [5, 5.41) is 0. The molecule has 0 unspecified atom stereocenters. The topological polar surface area (TPSA) is 43.1 Å². The molecule has 64 valence electrons. The molecular weight excluding hydrogens is 138 g/mol. The van der Waals surface area contributed by atoms with Crippen LogP contribution in [0.25, 0.3) is 0 Å². The standard InChI is InChI=1S/C9H17NO/c1-3-4-5-6-7-8(2)9(10)11/h2-7H2,1H3,(H2,10,11). The number of primary amides is 1. The number of unbranched alkanes of at least 4 members (excludes halogenated alkanes) is 3. The Bertz CT molecular complexity index is 140. The number of hydrogen-bond donors (Lipinski definition) is 1. The van der Waals surface area contributed by atoms with Crippen molar-refractivity contribution in [1.29, 1.82) is 0 Å². The minimum Gasteiger partial charge on any atom is -0.366 e. The van der Waals surface area contributed by atoms with Crippen molar-refractivity contribution in [3.8, 4) is 0 Å². The van der Waals surface area contributed by atoms with E-state index in [1.54, 1.807) is 0 Å². The van der Waals surface area contributed by atoms with Gasteiger partial charge < -0.3 is 5.73 Å². The van der Waals surface area contributed by atoms with Gasteiger partial charge in [0.2, 0.25) is 5.91 Å². The molecule has 0 aliphatic heterocycles. The molecule has 0 bridgehead atoms. The molecule has 0 aliphatic rings. The molecule has 0 aromatic carbocycles. The number of nitrogens with two attached hydrogens (primary N) is 1. The molecule has 0 rings (SSSR count). The van der Waals surface area contributed by atoms with Crippen molar-refractivity contribution in [2.45, 2.75) is 39.0 Å². The van der Waals surface area contributed by atoms with Crippen LogP contribution in [-0.4, -0.2) is 5.91 Å². The largest absolute Gasteiger partial charge is 0.366 e. The van der Waals surface area contributed by atoms with Crippen LogP contribution < -0.4 is 5.73 Å². The zero-order chi connectivity index (χ0) is 8.69. The molecule has 2 heteroatoms. The lowest BCUT2D eigenvalue weighted by atomic mass is 10.1. The highest BCUT2D eigenvalue weighted by Crippen LogP contribution is 2.07. The molecule has 0 aliphatic carbocycles. The average molecular weight is 155 g/mol. The van der Waals surface area contributed by atoms with Gasteiger partial charge in [-0.15, -0.1) is 0 Å². The third-order valence-electron chi connectivity index (χ3n) is 1.68. The van der Waals surface area contributed by atoms with Crippen molar-refractivity contribution in [1.82, 2.24) is 0 Å². The maximum absolute atomic E-state index is 10.5. The maximum atomic E-state index is 10.5. The lowest BCUT2D eigenvalue weighted by Gasteiger charge is -1.99. The van der Waals surface area contributed by atoms with Gasteiger partial charge >= 0.3 is 0 Å². The summed E-state index contributed by atoms with van der Waals surface area (Å²) in [5.41, 5.74) is 5.57. The van der Waals surface area contributed by atoms with Crippen molar-refractivity contribution >= 4 is 5.91 Å². The Hall–Kier alpha value is -0.790. The smallest absolute Gasteiger partial charge is 0.244 e. The first-order valence-corrected chi connectivity index (χ1v) is 4.16. The second kappa shape index (κ2) is 5.96. The fourth-order valence-corrected chi connectivity index (χ4v) is 0.888. The Balaban J connectivity index is 3.25. The Labute approximate surface area is 68.5 Å². The molecule has 2 nitrogen and oxygen atoms in total. The van der Waals surface area contributed by atoms with E-state index >= 15 is 0 Å². The summed E-state index contributed by atoms with van der Waals surface area (Å²) in [5.74, 6) is -0.360. The second-order valence-electron chi connectivity index (χ2n) is 2.78. The first-order valence-electron chi connectivity index (χ1n) is 4.16. The Morgan fingerprint density at radius 1 is 1.36 bits per heavy atom. The first-order chi connectivity index (χ1) is 5.18. The number of hydrogen-bond acceptors (Lipinski definition) is 1. The summed E-state index contributed by atoms with van der Waals surface area (Å²) in [7, 11) is 0. The molecule has 2 N–H and O–H groups in total. The first kappa shape index (κ1) is 10.2. The number of rotatable bonds is 6. The molecule has 0 atom stereocenters. The number of amides is 1. The van der Waals surface area contributed by atoms with Crippen molar-refractivity contribution in [2.24, 2.45) is 5.73 Å². The lowest BCUT2D eigenvalue weighted by Crippen LogP contribution is -2.12. The molecule has 1 amide bonds. The zero-order valence-electron chi connectivity index (χ0n) is 7.23. The monoisotopic (exact) mass is 155 g/mol. The van der Waals surface area contributed by atoms with Crippen molar-refractivity contribution in [2.75, 3.05) is 0 Å². The lowest BCUT2D eigenvalue weighted by molar-refractivity contribution is -0.114. The Morgan fingerprint density at radius 3 is 2.45 bits per heavy atom. The molecule has 0 aromatic rings. The average Bonchev–Trinajstić information content (AvgIpc) is 1.97. The summed E-state index contributed by atoms with van der Waals surface area (Å²) >= 11 is 0. The van der Waals surface area contributed by atoms with Crippen LogP contribution in [0.2, 0.25) is 0 Å². The minimum absolute atomic E-state index is 0.360. The van der Waals surface area contributed by atoms with Crippen LogP contribution in [0.1, 0.15) is 39.0 Å². The summed E-state index contributed by atoms with van der Waals surface area (Å²) in [6.07, 6.45) is 5.41. The van der Waals surface area contributed by atoms with Gasteiger partial charge in [0.15, 0.2) is 0 Å². The van der Waals surface area contributed by atoms with E-state index in [1.807, 2.05) is 0 Å². The van der Waals surface area contributed by atoms with Crippen LogP contribution in [0.4, 0.5) is 0 Å². The van der Waals surface area contributed by atoms with Crippen molar-refractivity contribution in [3.63, 3.8) is 0 Å². The van der Waals surface area contributed by atoms with Crippen molar-refractivity contribution < 1.29 is 4.79 Å². The van der Waals surface area contributed by atoms with E-state index in [1.165, 1.54) is 19.3 Å². The van der Waals surface area contributed by atoms with E-state index < -0.39 is 0 Å². The van der Waals surface area contributed by atoms with Crippen molar-refractivity contribution in [3.05, 3.63) is 12.2 Å². The SMILES string of the molecule is C=C(CCCCCC)C(N)=O. The molecule has 11 heavy (non-hydrogen) atoms. The van der Waals surface area contributed by atoms with Crippen LogP contribution in [0, 0.1) is 0 Å². The van der Waals surface area contributed by atoms with Gasteiger partial charge in [0.05, 0.1) is 0 Å². The molecule has 0 aromatic heterocycles. The molecule has 0 radical (unpaired) electrons. The normalized spacial score (nSPS) is 9.55. The molecule has 0 heterocycles. The second-order valence-corrected chi connectivity index (χ2v) is 2.78. The van der Waals surface area contributed by atoms with Gasteiger partial charge in [-0.3, -0.25) is 4.79 Å². The summed E-state index contributed by atoms with van der Waals surface area (Å²) in [6, 6.07) is 0. The Morgan fingerprint density at radius 2 is 2.00 bits per heavy atom. The van der Waals surface area contributed by atoms with Crippen LogP contribution in [-0.2, 0) is 4.79 Å². The fourth-order valence-electron chi connectivity index (χ4n) is 0.888. The highest BCUT2D eigenvalue weighted by atomic mass is 16.1. The molecule has 0 spiro atoms. The Kier molecular flexibility index (Phi) is 5.53. The van der Waals surface area contributed by atoms with Gasteiger partial charge in [-0.25, -0.2) is 0 Å². The van der Waals surface area contributed by atoms with Crippen LogP contribution in [0.3, 0.4) is 0 Å². The molecule has 0 saturated heterocycles. The maximum Gasteiger partial charge on any atom is 0.244 e. The highest BCUT2D eigenvalue weighted by Gasteiger charge is 1.99. The summed E-state index contributed by atoms with van der Waals surface area (Å²) < 4.78 is 0. The van der Waals surface area contributed by atoms with E-state index in [-0.39, 0.29) is 5.91 Å². The van der Waals surface area contributed by atoms with E-state index in [4.69, 9.17) is 5.73 Å².